The number of nitrogens with one attached hydrogen (secondary N) is 1. The molecule has 1 aliphatic rings. The van der Waals surface area contributed by atoms with E-state index in [0.717, 1.165) is 45.5 Å². The molecule has 1 aromatic heterocycles. The summed E-state index contributed by atoms with van der Waals surface area (Å²) in [7, 11) is 3.89. The van der Waals surface area contributed by atoms with Crippen LogP contribution >= 0.6 is 0 Å². The smallest absolute Gasteiger partial charge is 0.255 e. The molecule has 4 rings (SSSR count). The maximum atomic E-state index is 13.3. The lowest BCUT2D eigenvalue weighted by atomic mass is 9.99. The van der Waals surface area contributed by atoms with Crippen molar-refractivity contribution in [1.29, 1.82) is 0 Å². The van der Waals surface area contributed by atoms with Crippen LogP contribution in [0.3, 0.4) is 0 Å². The zero-order valence-corrected chi connectivity index (χ0v) is 17.0. The van der Waals surface area contributed by atoms with E-state index in [1.165, 1.54) is 0 Å². The number of ether oxygens (including phenoxy) is 1. The van der Waals surface area contributed by atoms with Crippen LogP contribution in [0.4, 0.5) is 5.69 Å². The Labute approximate surface area is 171 Å². The number of pyridine rings is 1. The van der Waals surface area contributed by atoms with Crippen molar-refractivity contribution < 1.29 is 9.53 Å². The first-order chi connectivity index (χ1) is 14.0. The van der Waals surface area contributed by atoms with Crippen LogP contribution in [0.1, 0.15) is 40.9 Å². The normalized spacial score (nSPS) is 15.3. The van der Waals surface area contributed by atoms with Crippen LogP contribution in [0, 0.1) is 0 Å². The van der Waals surface area contributed by atoms with Gasteiger partial charge in [-0.1, -0.05) is 43.0 Å². The van der Waals surface area contributed by atoms with Crippen molar-refractivity contribution >= 4 is 28.1 Å². The Morgan fingerprint density at radius 2 is 1.97 bits per heavy atom. The summed E-state index contributed by atoms with van der Waals surface area (Å²) in [4.78, 5) is 19.9. The molecular weight excluding hydrogens is 362 g/mol. The highest BCUT2D eigenvalue weighted by Crippen LogP contribution is 2.34. The van der Waals surface area contributed by atoms with E-state index in [0.29, 0.717) is 12.2 Å². The van der Waals surface area contributed by atoms with E-state index in [2.05, 4.69) is 16.9 Å². The minimum atomic E-state index is -0.134. The molecule has 1 N–H and O–H groups in total. The van der Waals surface area contributed by atoms with E-state index < -0.39 is 0 Å². The fourth-order valence-corrected chi connectivity index (χ4v) is 3.93. The Morgan fingerprint density at radius 1 is 1.17 bits per heavy atom. The van der Waals surface area contributed by atoms with Gasteiger partial charge in [0.25, 0.3) is 5.91 Å². The number of para-hydroxylation sites is 2. The quantitative estimate of drug-likeness (QED) is 0.712. The van der Waals surface area contributed by atoms with Crippen molar-refractivity contribution in [3.8, 4) is 5.75 Å². The largest absolute Gasteiger partial charge is 0.493 e. The Hall–Kier alpha value is -3.34. The third-order valence-electron chi connectivity index (χ3n) is 5.28. The number of hydrogen-bond donors (Lipinski definition) is 1. The molecule has 0 radical (unpaired) electrons. The van der Waals surface area contributed by atoms with E-state index in [1.807, 2.05) is 68.4 Å². The van der Waals surface area contributed by atoms with E-state index in [9.17, 15) is 4.79 Å². The molecule has 3 aromatic rings. The molecule has 0 aliphatic carbocycles. The van der Waals surface area contributed by atoms with Gasteiger partial charge in [0.05, 0.1) is 29.4 Å². The average Bonchev–Trinajstić information content (AvgIpc) is 2.72. The van der Waals surface area contributed by atoms with Gasteiger partial charge in [0.15, 0.2) is 0 Å². The lowest BCUT2D eigenvalue weighted by Gasteiger charge is -2.27. The van der Waals surface area contributed by atoms with Crippen LogP contribution in [0.25, 0.3) is 16.5 Å². The number of carbonyl (C=O) groups excluding carboxylic acids is 1. The third-order valence-corrected chi connectivity index (χ3v) is 5.28. The molecule has 1 unspecified atom stereocenters. The lowest BCUT2D eigenvalue weighted by Crippen LogP contribution is -2.33. The summed E-state index contributed by atoms with van der Waals surface area (Å²) in [6.07, 6.45) is 2.41. The van der Waals surface area contributed by atoms with E-state index in [1.54, 1.807) is 6.20 Å². The molecule has 1 aliphatic heterocycles. The number of amides is 1. The molecule has 5 nitrogen and oxygen atoms in total. The van der Waals surface area contributed by atoms with Crippen LogP contribution < -0.4 is 15.0 Å². The number of carbonyl (C=O) groups is 1. The molecule has 2 aromatic carbocycles. The number of hydrogen-bond acceptors (Lipinski definition) is 4. The molecule has 0 saturated heterocycles. The standard InChI is InChI=1S/C24H25N3O2/c1-15(2)16-9-7-10-18-22(16)25-14-19(23(18)27(3)4)24(28)26-20-12-13-29-21-11-6-5-8-17(20)21/h5-11,14,20H,1,12-13H2,2-4H3,(H,26,28). The van der Waals surface area contributed by atoms with E-state index in [-0.39, 0.29) is 11.9 Å². The summed E-state index contributed by atoms with van der Waals surface area (Å²) in [5, 5.41) is 4.13. The highest BCUT2D eigenvalue weighted by Gasteiger charge is 2.25. The first-order valence-electron chi connectivity index (χ1n) is 9.75. The van der Waals surface area contributed by atoms with Gasteiger partial charge in [0.1, 0.15) is 5.75 Å². The maximum Gasteiger partial charge on any atom is 0.255 e. The lowest BCUT2D eigenvalue weighted by molar-refractivity contribution is 0.0925. The Balaban J connectivity index is 1.75. The molecule has 1 atom stereocenters. The average molecular weight is 387 g/mol. The van der Waals surface area contributed by atoms with Gasteiger partial charge in [-0.15, -0.1) is 0 Å². The minimum absolute atomic E-state index is 0.0834. The molecule has 0 fully saturated rings. The van der Waals surface area contributed by atoms with Gasteiger partial charge in [0, 0.05) is 43.2 Å². The predicted octanol–water partition coefficient (Wildman–Crippen LogP) is 4.59. The van der Waals surface area contributed by atoms with Crippen LogP contribution in [-0.4, -0.2) is 31.6 Å². The summed E-state index contributed by atoms with van der Waals surface area (Å²) >= 11 is 0. The molecule has 0 bridgehead atoms. The van der Waals surface area contributed by atoms with Gasteiger partial charge < -0.3 is 15.0 Å². The molecular formula is C24H25N3O2. The van der Waals surface area contributed by atoms with Crippen LogP contribution in [0.5, 0.6) is 5.75 Å². The fourth-order valence-electron chi connectivity index (χ4n) is 3.93. The number of aromatic nitrogens is 1. The first kappa shape index (κ1) is 19.0. The summed E-state index contributed by atoms with van der Waals surface area (Å²) < 4.78 is 5.72. The number of rotatable bonds is 4. The fraction of sp³-hybridized carbons (Fsp3) is 0.250. The highest BCUT2D eigenvalue weighted by atomic mass is 16.5. The topological polar surface area (TPSA) is 54.5 Å². The Bertz CT molecular complexity index is 1100. The minimum Gasteiger partial charge on any atom is -0.493 e. The highest BCUT2D eigenvalue weighted by molar-refractivity contribution is 6.09. The Kier molecular flexibility index (Phi) is 4.97. The second kappa shape index (κ2) is 7.59. The number of benzene rings is 2. The second-order valence-electron chi connectivity index (χ2n) is 7.60. The zero-order chi connectivity index (χ0) is 20.5. The van der Waals surface area contributed by atoms with E-state index in [4.69, 9.17) is 4.74 Å². The monoisotopic (exact) mass is 387 g/mol. The zero-order valence-electron chi connectivity index (χ0n) is 17.0. The van der Waals surface area contributed by atoms with Gasteiger partial charge >= 0.3 is 0 Å². The molecule has 148 valence electrons. The number of anilines is 1. The second-order valence-corrected chi connectivity index (χ2v) is 7.60. The molecule has 0 spiro atoms. The number of nitrogens with zero attached hydrogens (tertiary/aromatic N) is 2. The third kappa shape index (κ3) is 3.44. The summed E-state index contributed by atoms with van der Waals surface area (Å²) in [6, 6.07) is 13.8. The predicted molar refractivity (Wildman–Crippen MR) is 118 cm³/mol. The van der Waals surface area contributed by atoms with Crippen LogP contribution in [-0.2, 0) is 0 Å². The van der Waals surface area contributed by atoms with E-state index >= 15 is 0 Å². The molecule has 0 saturated carbocycles. The van der Waals surface area contributed by atoms with Crippen molar-refractivity contribution in [2.75, 3.05) is 25.6 Å². The maximum absolute atomic E-state index is 13.3. The summed E-state index contributed by atoms with van der Waals surface area (Å²) in [5.41, 5.74) is 5.23. The summed E-state index contributed by atoms with van der Waals surface area (Å²) in [5.74, 6) is 0.699. The van der Waals surface area contributed by atoms with Gasteiger partial charge in [-0.3, -0.25) is 9.78 Å². The van der Waals surface area contributed by atoms with Crippen molar-refractivity contribution in [1.82, 2.24) is 10.3 Å². The molecule has 5 heteroatoms. The summed E-state index contributed by atoms with van der Waals surface area (Å²) in [6.45, 7) is 6.61. The Morgan fingerprint density at radius 3 is 2.72 bits per heavy atom. The van der Waals surface area contributed by atoms with Gasteiger partial charge in [-0.25, -0.2) is 0 Å². The van der Waals surface area contributed by atoms with Gasteiger partial charge in [0.2, 0.25) is 0 Å². The molecule has 29 heavy (non-hydrogen) atoms. The number of allylic oxidation sites excluding steroid dienone is 1. The van der Waals surface area contributed by atoms with Gasteiger partial charge in [-0.05, 0) is 18.6 Å². The van der Waals surface area contributed by atoms with Gasteiger partial charge in [-0.2, -0.15) is 0 Å². The van der Waals surface area contributed by atoms with Crippen molar-refractivity contribution in [2.24, 2.45) is 0 Å². The van der Waals surface area contributed by atoms with Crippen LogP contribution in [0.2, 0.25) is 0 Å². The first-order valence-corrected chi connectivity index (χ1v) is 9.75. The number of fused-ring (bicyclic) bond motifs is 2. The van der Waals surface area contributed by atoms with Crippen molar-refractivity contribution in [3.05, 3.63) is 71.9 Å². The SMILES string of the molecule is C=C(C)c1cccc2c(N(C)C)c(C(=O)NC3CCOc4ccccc43)cnc12. The molecule has 2 heterocycles. The molecule has 1 amide bonds. The van der Waals surface area contributed by atoms with Crippen molar-refractivity contribution in [2.45, 2.75) is 19.4 Å². The van der Waals surface area contributed by atoms with Crippen LogP contribution in [0.15, 0.2) is 55.2 Å². The van der Waals surface area contributed by atoms with Crippen molar-refractivity contribution in [3.63, 3.8) is 0 Å².